The van der Waals surface area contributed by atoms with Crippen molar-refractivity contribution in [1.82, 2.24) is 0 Å². The highest BCUT2D eigenvalue weighted by molar-refractivity contribution is 5.91. The molecule has 0 amide bonds. The third-order valence-electron chi connectivity index (χ3n) is 4.64. The van der Waals surface area contributed by atoms with Crippen LogP contribution in [0.2, 0.25) is 0 Å². The summed E-state index contributed by atoms with van der Waals surface area (Å²) in [5.74, 6) is -1.50. The molecule has 6 nitrogen and oxygen atoms in total. The van der Waals surface area contributed by atoms with E-state index >= 15 is 0 Å². The number of nitriles is 2. The molecule has 0 spiro atoms. The van der Waals surface area contributed by atoms with Crippen LogP contribution in [0.5, 0.6) is 0 Å². The van der Waals surface area contributed by atoms with Gasteiger partial charge in [-0.25, -0.2) is 0 Å². The van der Waals surface area contributed by atoms with E-state index in [9.17, 15) is 20.1 Å². The minimum absolute atomic E-state index is 0.506. The largest absolute Gasteiger partial charge is 0.443 e. The van der Waals surface area contributed by atoms with Gasteiger partial charge in [-0.3, -0.25) is 9.59 Å². The van der Waals surface area contributed by atoms with Crippen molar-refractivity contribution in [1.29, 1.82) is 10.5 Å². The van der Waals surface area contributed by atoms with Gasteiger partial charge < -0.3 is 9.47 Å². The van der Waals surface area contributed by atoms with Crippen LogP contribution in [0.4, 0.5) is 0 Å². The maximum atomic E-state index is 12.0. The first-order valence-corrected chi connectivity index (χ1v) is 8.29. The maximum Gasteiger partial charge on any atom is 0.318 e. The fourth-order valence-electron chi connectivity index (χ4n) is 3.34. The molecule has 2 saturated carbocycles. The van der Waals surface area contributed by atoms with Crippen LogP contribution in [0.1, 0.15) is 70.6 Å². The molecule has 0 saturated heterocycles. The van der Waals surface area contributed by atoms with Gasteiger partial charge >= 0.3 is 11.9 Å². The fraction of sp³-hybridized carbons (Fsp3) is 0.765. The fourth-order valence-corrected chi connectivity index (χ4v) is 3.34. The van der Waals surface area contributed by atoms with Crippen LogP contribution in [0.25, 0.3) is 0 Å². The van der Waals surface area contributed by atoms with Gasteiger partial charge in [0.25, 0.3) is 0 Å². The van der Waals surface area contributed by atoms with Crippen molar-refractivity contribution in [3.05, 3.63) is 0 Å². The second kappa shape index (κ2) is 7.46. The van der Waals surface area contributed by atoms with E-state index in [4.69, 9.17) is 9.47 Å². The van der Waals surface area contributed by atoms with Gasteiger partial charge in [-0.2, -0.15) is 10.5 Å². The summed E-state index contributed by atoms with van der Waals surface area (Å²) in [6.07, 6.45) is 6.86. The van der Waals surface area contributed by atoms with Gasteiger partial charge in [0.2, 0.25) is 0 Å². The molecule has 0 heterocycles. The quantitative estimate of drug-likeness (QED) is 0.583. The summed E-state index contributed by atoms with van der Waals surface area (Å²) in [4.78, 5) is 23.9. The smallest absolute Gasteiger partial charge is 0.318 e. The van der Waals surface area contributed by atoms with Crippen LogP contribution in [-0.2, 0) is 19.1 Å². The molecule has 0 radical (unpaired) electrons. The highest BCUT2D eigenvalue weighted by atomic mass is 16.6. The van der Waals surface area contributed by atoms with Gasteiger partial charge in [0.1, 0.15) is 18.6 Å². The summed E-state index contributed by atoms with van der Waals surface area (Å²) < 4.78 is 10.5. The van der Waals surface area contributed by atoms with Gasteiger partial charge in [-0.05, 0) is 25.7 Å². The van der Waals surface area contributed by atoms with Crippen LogP contribution in [0, 0.1) is 22.7 Å². The molecule has 0 N–H and O–H groups in total. The number of esters is 2. The lowest BCUT2D eigenvalue weighted by atomic mass is 9.85. The van der Waals surface area contributed by atoms with Crippen molar-refractivity contribution < 1.29 is 19.1 Å². The minimum Gasteiger partial charge on any atom is -0.443 e. The number of nitrogens with zero attached hydrogens (tertiary/aromatic N) is 2. The average Bonchev–Trinajstić information content (AvgIpc) is 2.56. The second-order valence-electron chi connectivity index (χ2n) is 6.46. The van der Waals surface area contributed by atoms with Crippen molar-refractivity contribution >= 4 is 11.9 Å². The molecule has 6 heteroatoms. The zero-order valence-electron chi connectivity index (χ0n) is 13.3. The van der Waals surface area contributed by atoms with Crippen molar-refractivity contribution in [3.63, 3.8) is 0 Å². The zero-order valence-corrected chi connectivity index (χ0v) is 13.3. The van der Waals surface area contributed by atoms with Crippen molar-refractivity contribution in [3.8, 4) is 12.1 Å². The van der Waals surface area contributed by atoms with E-state index in [1.54, 1.807) is 0 Å². The van der Waals surface area contributed by atoms with Crippen LogP contribution in [0.3, 0.4) is 0 Å². The number of ether oxygens (including phenoxy) is 2. The number of carbonyl (C=O) groups excluding carboxylic acids is 2. The molecule has 0 aromatic rings. The molecule has 0 bridgehead atoms. The lowest BCUT2D eigenvalue weighted by Crippen LogP contribution is -2.38. The Kier molecular flexibility index (Phi) is 5.60. The van der Waals surface area contributed by atoms with E-state index in [0.29, 0.717) is 25.7 Å². The minimum atomic E-state index is -1.10. The van der Waals surface area contributed by atoms with E-state index in [2.05, 4.69) is 12.1 Å². The molecular weight excluding hydrogens is 296 g/mol. The Morgan fingerprint density at radius 3 is 1.39 bits per heavy atom. The van der Waals surface area contributed by atoms with Gasteiger partial charge in [0, 0.05) is 25.7 Å². The first-order valence-electron chi connectivity index (χ1n) is 8.29. The maximum absolute atomic E-state index is 12.0. The topological polar surface area (TPSA) is 100 Å². The van der Waals surface area contributed by atoms with E-state index in [1.165, 1.54) is 0 Å². The number of carbonyl (C=O) groups is 2. The van der Waals surface area contributed by atoms with Gasteiger partial charge in [0.15, 0.2) is 11.2 Å². The molecule has 0 atom stereocenters. The van der Waals surface area contributed by atoms with E-state index in [1.807, 2.05) is 0 Å². The Morgan fingerprint density at radius 2 is 1.09 bits per heavy atom. The average molecular weight is 318 g/mol. The Bertz CT molecular complexity index is 484. The predicted octanol–water partition coefficient (Wildman–Crippen LogP) is 2.92. The first kappa shape index (κ1) is 17.3. The van der Waals surface area contributed by atoms with E-state index < -0.39 is 29.6 Å². The Labute approximate surface area is 136 Å². The third-order valence-corrected chi connectivity index (χ3v) is 4.64. The Balaban J connectivity index is 1.88. The van der Waals surface area contributed by atoms with Crippen LogP contribution < -0.4 is 0 Å². The molecule has 2 fully saturated rings. The summed E-state index contributed by atoms with van der Waals surface area (Å²) in [7, 11) is 0. The van der Waals surface area contributed by atoms with Gasteiger partial charge in [-0.15, -0.1) is 0 Å². The summed E-state index contributed by atoms with van der Waals surface area (Å²) >= 11 is 0. The second-order valence-corrected chi connectivity index (χ2v) is 6.46. The molecule has 0 aliphatic heterocycles. The number of hydrogen-bond donors (Lipinski definition) is 0. The zero-order chi connectivity index (χ0) is 16.8. The molecule has 124 valence electrons. The van der Waals surface area contributed by atoms with Gasteiger partial charge in [-0.1, -0.05) is 12.8 Å². The Hall–Kier alpha value is -2.08. The summed E-state index contributed by atoms with van der Waals surface area (Å²) in [6, 6.07) is 4.15. The molecule has 2 rings (SSSR count). The normalized spacial score (nSPS) is 22.2. The molecule has 0 aromatic carbocycles. The van der Waals surface area contributed by atoms with Crippen LogP contribution in [0.15, 0.2) is 0 Å². The monoisotopic (exact) mass is 318 g/mol. The molecule has 0 unspecified atom stereocenters. The van der Waals surface area contributed by atoms with Crippen molar-refractivity contribution in [2.75, 3.05) is 0 Å². The third kappa shape index (κ3) is 4.45. The van der Waals surface area contributed by atoms with Crippen LogP contribution in [-0.4, -0.2) is 23.1 Å². The van der Waals surface area contributed by atoms with Crippen molar-refractivity contribution in [2.24, 2.45) is 0 Å². The molecule has 23 heavy (non-hydrogen) atoms. The summed E-state index contributed by atoms with van der Waals surface area (Å²) in [6.45, 7) is 0. The van der Waals surface area contributed by atoms with E-state index in [-0.39, 0.29) is 0 Å². The summed E-state index contributed by atoms with van der Waals surface area (Å²) in [5, 5.41) is 18.6. The first-order chi connectivity index (χ1) is 11.0. The summed E-state index contributed by atoms with van der Waals surface area (Å²) in [5.41, 5.74) is -2.21. The lowest BCUT2D eigenvalue weighted by molar-refractivity contribution is -0.168. The predicted molar refractivity (Wildman–Crippen MR) is 79.7 cm³/mol. The molecule has 2 aliphatic carbocycles. The highest BCUT2D eigenvalue weighted by Gasteiger charge is 2.39. The number of rotatable bonds is 4. The van der Waals surface area contributed by atoms with Gasteiger partial charge in [0.05, 0.1) is 0 Å². The molecule has 2 aliphatic rings. The lowest BCUT2D eigenvalue weighted by Gasteiger charge is -2.31. The molecule has 0 aromatic heterocycles. The van der Waals surface area contributed by atoms with E-state index in [0.717, 1.165) is 38.5 Å². The highest BCUT2D eigenvalue weighted by Crippen LogP contribution is 2.33. The standard InChI is InChI=1S/C17H22N2O4/c18-12-16(7-3-1-4-8-16)22-14(20)11-15(21)23-17(13-19)9-5-2-6-10-17/h1-11H2. The molecular formula is C17H22N2O4. The SMILES string of the molecule is N#CC1(OC(=O)CC(=O)OC2(C#N)CCCCC2)CCCCC1. The Morgan fingerprint density at radius 1 is 0.739 bits per heavy atom. The number of hydrogen-bond acceptors (Lipinski definition) is 6. The van der Waals surface area contributed by atoms with Crippen LogP contribution >= 0.6 is 0 Å². The van der Waals surface area contributed by atoms with Crippen molar-refractivity contribution in [2.45, 2.75) is 81.8 Å².